The minimum absolute atomic E-state index is 0.00395. The van der Waals surface area contributed by atoms with Crippen molar-refractivity contribution in [2.75, 3.05) is 0 Å². The average molecular weight is 1610 g/mol. The van der Waals surface area contributed by atoms with Crippen LogP contribution in [0.4, 0.5) is 22.7 Å². The first kappa shape index (κ1) is 74.9. The van der Waals surface area contributed by atoms with Gasteiger partial charge in [-0.1, -0.05) is 250 Å². The van der Waals surface area contributed by atoms with E-state index in [1.807, 2.05) is 77.3 Å². The predicted molar refractivity (Wildman–Crippen MR) is 523 cm³/mol. The van der Waals surface area contributed by atoms with Crippen molar-refractivity contribution >= 4 is 173 Å². The van der Waals surface area contributed by atoms with Crippen molar-refractivity contribution in [2.24, 2.45) is 28.2 Å². The van der Waals surface area contributed by atoms with Crippen molar-refractivity contribution < 1.29 is 0 Å². The fourth-order valence-electron chi connectivity index (χ4n) is 18.9. The fraction of sp³-hybridized carbons (Fsp3) is 0.0619. The molecule has 0 spiro atoms. The number of hydrogen-bond donors (Lipinski definition) is 0. The van der Waals surface area contributed by atoms with Crippen LogP contribution in [0.2, 0.25) is 0 Å². The Balaban J connectivity index is 0.000000101. The van der Waals surface area contributed by atoms with Crippen molar-refractivity contribution in [2.45, 2.75) is 19.3 Å². The number of nitrogens with zero attached hydrogens (tertiary/aromatic N) is 8. The van der Waals surface area contributed by atoms with Crippen molar-refractivity contribution in [3.05, 3.63) is 409 Å². The molecule has 0 fully saturated rings. The lowest BCUT2D eigenvalue weighted by Gasteiger charge is -2.22. The summed E-state index contributed by atoms with van der Waals surface area (Å²) in [6, 6.07) is 125. The maximum Gasteiger partial charge on any atom is 0.189 e. The summed E-state index contributed by atoms with van der Waals surface area (Å²) < 4.78 is 14.1. The average Bonchev–Trinajstić information content (AvgIpc) is 1.54. The molecular formula is C113H76N8S2. The first-order chi connectivity index (χ1) is 60.2. The molecule has 10 heteroatoms. The third kappa shape index (κ3) is 12.7. The normalized spacial score (nSPS) is 12.0. The number of aromatic nitrogens is 4. The molecule has 1 aliphatic carbocycles. The van der Waals surface area contributed by atoms with Gasteiger partial charge in [-0.2, -0.15) is 0 Å². The molecule has 0 saturated heterocycles. The van der Waals surface area contributed by atoms with Gasteiger partial charge in [0.1, 0.15) is 0 Å². The Bertz CT molecular complexity index is 8510. The minimum atomic E-state index is -0.00395. The Morgan fingerprint density at radius 1 is 0.211 bits per heavy atom. The lowest BCUT2D eigenvalue weighted by molar-refractivity contribution is 0.660. The molecule has 580 valence electrons. The quantitative estimate of drug-likeness (QED) is 0.149. The van der Waals surface area contributed by atoms with Gasteiger partial charge in [0, 0.05) is 156 Å². The van der Waals surface area contributed by atoms with Crippen molar-refractivity contribution in [3.8, 4) is 77.9 Å². The second-order valence-electron chi connectivity index (χ2n) is 32.5. The Morgan fingerprint density at radius 2 is 0.545 bits per heavy atom. The monoisotopic (exact) mass is 1610 g/mol. The van der Waals surface area contributed by atoms with Crippen LogP contribution < -0.4 is 0 Å². The maximum atomic E-state index is 7.39. The zero-order chi connectivity index (χ0) is 83.5. The van der Waals surface area contributed by atoms with Crippen LogP contribution >= 0.6 is 22.7 Å². The van der Waals surface area contributed by atoms with Crippen LogP contribution in [0.5, 0.6) is 0 Å². The Kier molecular flexibility index (Phi) is 18.3. The molecule has 0 N–H and O–H groups in total. The third-order valence-corrected chi connectivity index (χ3v) is 27.7. The summed E-state index contributed by atoms with van der Waals surface area (Å²) in [7, 11) is 8.31. The van der Waals surface area contributed by atoms with E-state index in [2.05, 4.69) is 377 Å². The van der Waals surface area contributed by atoms with Crippen LogP contribution in [0.25, 0.3) is 225 Å². The lowest BCUT2D eigenvalue weighted by atomic mass is 9.81. The van der Waals surface area contributed by atoms with E-state index in [9.17, 15) is 0 Å². The molecule has 0 atom stereocenters. The largest absolute Gasteiger partial charge is 0.345 e. The van der Waals surface area contributed by atoms with Gasteiger partial charge < -0.3 is 18.3 Å². The molecule has 0 saturated carbocycles. The SMILES string of the molecule is [C-]#[N+]c1ccc2c(c1)c1cc(-c3ccc4c(c3)C(C)(C)c3ccccc3-4)ccc1n2C.[C-]#[N+]c1ccc2c3cc(-c4ccc5sc6ccccc6c5c4)ccc3n(C)c2c1.[C-]#[N+]c1ccc2c3cc(-c4cccc(-c5ccc(-c6ccccc6)cc5)c4)ccc3n(C)c2c1.[C-]#[N+]c1ccc2c3cc(-c4cccc5c4sc4ccccc45)ccc3n(C)c2c1. The van der Waals surface area contributed by atoms with Gasteiger partial charge in [0.15, 0.2) is 22.7 Å². The zero-order valence-electron chi connectivity index (χ0n) is 68.4. The molecule has 0 aliphatic heterocycles. The van der Waals surface area contributed by atoms with Gasteiger partial charge in [0.05, 0.1) is 26.3 Å². The molecule has 6 heterocycles. The van der Waals surface area contributed by atoms with Gasteiger partial charge in [0.2, 0.25) is 0 Å². The van der Waals surface area contributed by atoms with Gasteiger partial charge >= 0.3 is 0 Å². The molecule has 24 rings (SSSR count). The highest BCUT2D eigenvalue weighted by Crippen LogP contribution is 2.51. The van der Waals surface area contributed by atoms with E-state index in [0.29, 0.717) is 22.7 Å². The molecule has 23 aromatic rings. The summed E-state index contributed by atoms with van der Waals surface area (Å²) in [6.45, 7) is 34.0. The molecule has 0 radical (unpaired) electrons. The summed E-state index contributed by atoms with van der Waals surface area (Å²) in [4.78, 5) is 14.4. The number of thiophene rings is 2. The number of benzene rings is 17. The Morgan fingerprint density at radius 3 is 1.11 bits per heavy atom. The standard InChI is InChI=1S/C32H22N2.C29H22N2.2C26H16N2S/c1-33-28-16-17-29-30-20-27(15-18-31(30)34(2)32(29)21-28)26-10-6-9-25(19-26)24-13-11-23(12-14-24)22-7-4-3-5-8-22;1-29(2)25-8-6-5-7-21(25)22-12-9-19(16-26(22)29)18-10-13-27-23(15-18)24-17-20(30-3)11-14-28(24)31(27)4;1-27-17-11-12-19-22-14-16(10-13-23(22)28(2)24(19)15-17)18-7-5-8-21-20-6-3-4-9-25(20)29-26(18)21;1-27-18-9-10-19-21-13-16(7-11-23(21)28(2)24(19)15-18)17-8-12-26-22(14-17)20-5-3-4-6-25(20)29-26/h3-21H,2H3;5-17H,1-2,4H3;2*3-15H,2H3. The Labute approximate surface area is 720 Å². The van der Waals surface area contributed by atoms with E-state index in [4.69, 9.17) is 26.3 Å². The van der Waals surface area contributed by atoms with Crippen LogP contribution in [0, 0.1) is 26.3 Å². The van der Waals surface area contributed by atoms with Crippen LogP contribution in [-0.4, -0.2) is 18.3 Å². The highest BCUT2D eigenvalue weighted by molar-refractivity contribution is 7.26. The fourth-order valence-corrected chi connectivity index (χ4v) is 21.2. The van der Waals surface area contributed by atoms with Crippen LogP contribution in [-0.2, 0) is 33.6 Å². The molecule has 1 aliphatic rings. The van der Waals surface area contributed by atoms with E-state index in [1.165, 1.54) is 189 Å². The Hall–Kier alpha value is -15.7. The van der Waals surface area contributed by atoms with E-state index in [0.717, 1.165) is 27.5 Å². The second-order valence-corrected chi connectivity index (χ2v) is 34.6. The highest BCUT2D eigenvalue weighted by atomic mass is 32.1. The van der Waals surface area contributed by atoms with Gasteiger partial charge in [-0.05, 0) is 210 Å². The summed E-state index contributed by atoms with van der Waals surface area (Å²) in [5, 5.41) is 14.9. The number of hydrogen-bond acceptors (Lipinski definition) is 2. The van der Waals surface area contributed by atoms with E-state index < -0.39 is 0 Å². The summed E-state index contributed by atoms with van der Waals surface area (Å²) >= 11 is 3.71. The van der Waals surface area contributed by atoms with Gasteiger partial charge in [-0.3, -0.25) is 0 Å². The van der Waals surface area contributed by atoms with Crippen LogP contribution in [0.15, 0.2) is 352 Å². The first-order valence-electron chi connectivity index (χ1n) is 41.1. The molecule has 0 bridgehead atoms. The third-order valence-electron chi connectivity index (χ3n) is 25.3. The molecular weight excluding hydrogens is 1530 g/mol. The minimum Gasteiger partial charge on any atom is -0.345 e. The number of rotatable bonds is 6. The van der Waals surface area contributed by atoms with E-state index >= 15 is 0 Å². The number of aryl methyl sites for hydroxylation is 4. The second kappa shape index (κ2) is 30.0. The van der Waals surface area contributed by atoms with E-state index in [-0.39, 0.29) is 5.41 Å². The zero-order valence-corrected chi connectivity index (χ0v) is 70.0. The molecule has 17 aromatic carbocycles. The van der Waals surface area contributed by atoms with Crippen LogP contribution in [0.1, 0.15) is 25.0 Å². The first-order valence-corrected chi connectivity index (χ1v) is 42.7. The van der Waals surface area contributed by atoms with Crippen molar-refractivity contribution in [3.63, 3.8) is 0 Å². The maximum absolute atomic E-state index is 7.39. The molecule has 8 nitrogen and oxygen atoms in total. The highest BCUT2D eigenvalue weighted by Gasteiger charge is 2.35. The van der Waals surface area contributed by atoms with Gasteiger partial charge in [-0.25, -0.2) is 19.4 Å². The van der Waals surface area contributed by atoms with Crippen molar-refractivity contribution in [1.82, 2.24) is 18.3 Å². The molecule has 123 heavy (non-hydrogen) atoms. The lowest BCUT2D eigenvalue weighted by Crippen LogP contribution is -2.14. The summed E-state index contributed by atoms with van der Waals surface area (Å²) in [5.41, 5.74) is 32.1. The molecule has 0 unspecified atom stereocenters. The van der Waals surface area contributed by atoms with Crippen LogP contribution in [0.3, 0.4) is 0 Å². The van der Waals surface area contributed by atoms with Gasteiger partial charge in [0.25, 0.3) is 0 Å². The predicted octanol–water partition coefficient (Wildman–Crippen LogP) is 32.6. The molecule has 0 amide bonds. The summed E-state index contributed by atoms with van der Waals surface area (Å²) in [5.74, 6) is 0. The summed E-state index contributed by atoms with van der Waals surface area (Å²) in [6.07, 6.45) is 0. The molecule has 6 aromatic heterocycles. The van der Waals surface area contributed by atoms with Crippen molar-refractivity contribution in [1.29, 1.82) is 0 Å². The smallest absolute Gasteiger partial charge is 0.189 e. The topological polar surface area (TPSA) is 37.2 Å². The number of fused-ring (bicyclic) bond motifs is 21. The van der Waals surface area contributed by atoms with Gasteiger partial charge in [-0.15, -0.1) is 22.7 Å². The van der Waals surface area contributed by atoms with E-state index in [1.54, 1.807) is 0 Å².